The highest BCUT2D eigenvalue weighted by Gasteiger charge is 2.34. The number of rotatable bonds is 5. The third-order valence-electron chi connectivity index (χ3n) is 4.66. The van der Waals surface area contributed by atoms with E-state index in [0.29, 0.717) is 36.1 Å². The largest absolute Gasteiger partial charge is 0.480 e. The number of nitrogens with zero attached hydrogens (tertiary/aromatic N) is 4. The van der Waals surface area contributed by atoms with E-state index in [1.165, 1.54) is 7.11 Å². The number of morpholine rings is 1. The summed E-state index contributed by atoms with van der Waals surface area (Å²) in [5.41, 5.74) is 0.946. The maximum absolute atomic E-state index is 12.3. The topological polar surface area (TPSA) is 118 Å². The highest BCUT2D eigenvalue weighted by molar-refractivity contribution is 6.01. The number of carboxylic acids is 1. The summed E-state index contributed by atoms with van der Waals surface area (Å²) in [6, 6.07) is -1.23. The molecule has 3 rings (SSSR count). The molecule has 0 amide bonds. The van der Waals surface area contributed by atoms with Crippen molar-refractivity contribution in [1.82, 2.24) is 19.8 Å². The summed E-state index contributed by atoms with van der Waals surface area (Å²) in [6.45, 7) is 3.01. The number of aliphatic carboxylic acids is 1. The second kappa shape index (κ2) is 7.89. The van der Waals surface area contributed by atoms with Crippen molar-refractivity contribution < 1.29 is 24.2 Å². The molecule has 0 spiro atoms. The van der Waals surface area contributed by atoms with Gasteiger partial charge in [-0.25, -0.2) is 9.78 Å². The van der Waals surface area contributed by atoms with Crippen LogP contribution in [0.4, 0.5) is 0 Å². The summed E-state index contributed by atoms with van der Waals surface area (Å²) in [7, 11) is 3.16. The van der Waals surface area contributed by atoms with Crippen LogP contribution < -0.4 is 5.32 Å². The molecule has 0 aliphatic carbocycles. The number of aromatic nitrogens is 2. The summed E-state index contributed by atoms with van der Waals surface area (Å²) in [5.74, 6) is -0.303. The lowest BCUT2D eigenvalue weighted by Crippen LogP contribution is -2.52. The van der Waals surface area contributed by atoms with Crippen molar-refractivity contribution in [2.24, 2.45) is 12.0 Å². The van der Waals surface area contributed by atoms with Gasteiger partial charge in [0.1, 0.15) is 6.04 Å². The zero-order chi connectivity index (χ0) is 19.6. The molecule has 2 atom stereocenters. The Bertz CT molecular complexity index is 799. The van der Waals surface area contributed by atoms with Gasteiger partial charge in [-0.2, -0.15) is 0 Å². The maximum atomic E-state index is 12.3. The highest BCUT2D eigenvalue weighted by atomic mass is 16.5. The fraction of sp³-hybridized carbons (Fsp3) is 0.529. The van der Waals surface area contributed by atoms with Gasteiger partial charge in [-0.15, -0.1) is 0 Å². The number of methoxy groups -OCH3 is 1. The summed E-state index contributed by atoms with van der Waals surface area (Å²) in [4.78, 5) is 34.5. The van der Waals surface area contributed by atoms with Crippen molar-refractivity contribution in [2.75, 3.05) is 33.4 Å². The summed E-state index contributed by atoms with van der Waals surface area (Å²) in [6.07, 6.45) is 3.46. The van der Waals surface area contributed by atoms with Crippen LogP contribution in [0.3, 0.4) is 0 Å². The monoisotopic (exact) mass is 377 g/mol. The molecule has 27 heavy (non-hydrogen) atoms. The van der Waals surface area contributed by atoms with E-state index in [9.17, 15) is 14.7 Å². The molecule has 0 bridgehead atoms. The van der Waals surface area contributed by atoms with Crippen LogP contribution in [0.25, 0.3) is 0 Å². The summed E-state index contributed by atoms with van der Waals surface area (Å²) < 4.78 is 12.0. The number of hydrogen-bond donors (Lipinski definition) is 2. The van der Waals surface area contributed by atoms with Crippen LogP contribution in [-0.4, -0.2) is 82.8 Å². The normalized spacial score (nSPS) is 23.6. The third kappa shape index (κ3) is 3.86. The molecular formula is C17H23N5O5. The van der Waals surface area contributed by atoms with Crippen molar-refractivity contribution >= 4 is 17.8 Å². The number of imidazole rings is 1. The Morgan fingerprint density at radius 1 is 1.48 bits per heavy atom. The van der Waals surface area contributed by atoms with Crippen molar-refractivity contribution in [3.05, 3.63) is 29.5 Å². The van der Waals surface area contributed by atoms with E-state index in [1.807, 2.05) is 11.6 Å². The van der Waals surface area contributed by atoms with Gasteiger partial charge in [-0.3, -0.25) is 14.7 Å². The molecule has 0 radical (unpaired) electrons. The van der Waals surface area contributed by atoms with Gasteiger partial charge < -0.3 is 24.5 Å². The average Bonchev–Trinajstić information content (AvgIpc) is 3.07. The van der Waals surface area contributed by atoms with E-state index in [1.54, 1.807) is 24.2 Å². The zero-order valence-electron chi connectivity index (χ0n) is 15.5. The van der Waals surface area contributed by atoms with E-state index in [2.05, 4.69) is 15.3 Å². The number of amidine groups is 1. The molecule has 146 valence electrons. The molecule has 2 unspecified atom stereocenters. The van der Waals surface area contributed by atoms with Gasteiger partial charge in [0.05, 0.1) is 31.9 Å². The molecule has 2 N–H and O–H groups in total. The second-order valence-corrected chi connectivity index (χ2v) is 6.42. The van der Waals surface area contributed by atoms with Crippen LogP contribution in [-0.2, 0) is 26.1 Å². The zero-order valence-corrected chi connectivity index (χ0v) is 15.5. The minimum atomic E-state index is -0.961. The first-order chi connectivity index (χ1) is 12.9. The lowest BCUT2D eigenvalue weighted by atomic mass is 10.0. The molecule has 2 aliphatic rings. The van der Waals surface area contributed by atoms with Crippen molar-refractivity contribution in [3.8, 4) is 0 Å². The molecular weight excluding hydrogens is 354 g/mol. The van der Waals surface area contributed by atoms with Gasteiger partial charge in [-0.05, 0) is 6.92 Å². The standard InChI is InChI=1S/C17H23N5O5/c1-10-13(17(25)26-3)11(8-22-6-7-27-9-12(22)16(23)24)20-14(19-10)15-18-4-5-21(15)2/h4-5,10,12H,6-9H2,1-3H3,(H,19,20)(H,23,24). The molecule has 1 aromatic rings. The van der Waals surface area contributed by atoms with E-state index < -0.39 is 24.0 Å². The Labute approximate surface area is 156 Å². The summed E-state index contributed by atoms with van der Waals surface area (Å²) in [5, 5.41) is 12.6. The Kier molecular flexibility index (Phi) is 5.57. The average molecular weight is 377 g/mol. The Morgan fingerprint density at radius 2 is 2.26 bits per heavy atom. The number of carbonyl (C=O) groups excluding carboxylic acids is 1. The quantitative estimate of drug-likeness (QED) is 0.651. The minimum Gasteiger partial charge on any atom is -0.480 e. The molecule has 1 aromatic heterocycles. The van der Waals surface area contributed by atoms with Gasteiger partial charge in [0.25, 0.3) is 0 Å². The number of carboxylic acid groups (broad SMARTS) is 1. The molecule has 10 heteroatoms. The van der Waals surface area contributed by atoms with Crippen molar-refractivity contribution in [3.63, 3.8) is 0 Å². The second-order valence-electron chi connectivity index (χ2n) is 6.42. The van der Waals surface area contributed by atoms with Crippen LogP contribution in [0.1, 0.15) is 12.7 Å². The van der Waals surface area contributed by atoms with E-state index in [4.69, 9.17) is 9.47 Å². The first kappa shape index (κ1) is 19.1. The highest BCUT2D eigenvalue weighted by Crippen LogP contribution is 2.21. The van der Waals surface area contributed by atoms with E-state index in [0.717, 1.165) is 0 Å². The van der Waals surface area contributed by atoms with Crippen LogP contribution in [0, 0.1) is 0 Å². The molecule has 1 saturated heterocycles. The molecule has 0 aromatic carbocycles. The Morgan fingerprint density at radius 3 is 2.89 bits per heavy atom. The number of carbonyl (C=O) groups is 2. The first-order valence-corrected chi connectivity index (χ1v) is 8.60. The van der Waals surface area contributed by atoms with Crippen LogP contribution >= 0.6 is 0 Å². The predicted octanol–water partition coefficient (Wildman–Crippen LogP) is -0.629. The van der Waals surface area contributed by atoms with Gasteiger partial charge in [-0.1, -0.05) is 0 Å². The molecule has 2 aliphatic heterocycles. The molecule has 0 saturated carbocycles. The van der Waals surface area contributed by atoms with Gasteiger partial charge >= 0.3 is 11.9 Å². The number of aliphatic imine (C=N–C) groups is 1. The lowest BCUT2D eigenvalue weighted by molar-refractivity contribution is -0.149. The Balaban J connectivity index is 1.93. The SMILES string of the molecule is COC(=O)C1=C(CN2CCOCC2C(=O)O)NC(c2nccn2C)=NC1C. The van der Waals surface area contributed by atoms with Crippen LogP contribution in [0.15, 0.2) is 28.7 Å². The van der Waals surface area contributed by atoms with Gasteiger partial charge in [0.2, 0.25) is 0 Å². The van der Waals surface area contributed by atoms with Crippen molar-refractivity contribution in [1.29, 1.82) is 0 Å². The molecule has 10 nitrogen and oxygen atoms in total. The predicted molar refractivity (Wildman–Crippen MR) is 95.2 cm³/mol. The fourth-order valence-electron chi connectivity index (χ4n) is 3.25. The Hall–Kier alpha value is -2.72. The summed E-state index contributed by atoms with van der Waals surface area (Å²) >= 11 is 0. The number of nitrogens with one attached hydrogen (secondary N) is 1. The fourth-order valence-corrected chi connectivity index (χ4v) is 3.25. The van der Waals surface area contributed by atoms with Crippen molar-refractivity contribution in [2.45, 2.75) is 19.0 Å². The van der Waals surface area contributed by atoms with Crippen LogP contribution in [0.2, 0.25) is 0 Å². The first-order valence-electron chi connectivity index (χ1n) is 8.60. The smallest absolute Gasteiger partial charge is 0.337 e. The third-order valence-corrected chi connectivity index (χ3v) is 4.66. The lowest BCUT2D eigenvalue weighted by Gasteiger charge is -2.35. The maximum Gasteiger partial charge on any atom is 0.337 e. The van der Waals surface area contributed by atoms with E-state index >= 15 is 0 Å². The van der Waals surface area contributed by atoms with E-state index in [-0.39, 0.29) is 13.2 Å². The molecule has 1 fully saturated rings. The minimum absolute atomic E-state index is 0.103. The van der Waals surface area contributed by atoms with Gasteiger partial charge in [0, 0.05) is 38.2 Å². The number of esters is 1. The number of aryl methyl sites for hydroxylation is 1. The number of hydrogen-bond acceptors (Lipinski definition) is 8. The van der Waals surface area contributed by atoms with Crippen LogP contribution in [0.5, 0.6) is 0 Å². The molecule has 3 heterocycles. The van der Waals surface area contributed by atoms with Gasteiger partial charge in [0.15, 0.2) is 11.7 Å². The number of ether oxygens (including phenoxy) is 2.